The fourth-order valence-electron chi connectivity index (χ4n) is 1.03. The molecule has 0 radical (unpaired) electrons. The molecule has 0 amide bonds. The lowest BCUT2D eigenvalue weighted by Gasteiger charge is -2.01. The predicted octanol–water partition coefficient (Wildman–Crippen LogP) is 2.91. The molecule has 0 aromatic carbocycles. The topological polar surface area (TPSA) is 37.8 Å². The van der Waals surface area contributed by atoms with Crippen LogP contribution in [-0.4, -0.2) is 9.97 Å². The van der Waals surface area contributed by atoms with Gasteiger partial charge in [0.1, 0.15) is 4.60 Å². The van der Waals surface area contributed by atoms with Crippen LogP contribution >= 0.6 is 27.3 Å². The highest BCUT2D eigenvalue weighted by Crippen LogP contribution is 2.12. The van der Waals surface area contributed by atoms with Crippen LogP contribution in [0.4, 0.5) is 5.13 Å². The summed E-state index contributed by atoms with van der Waals surface area (Å²) in [6, 6.07) is 5.86. The van der Waals surface area contributed by atoms with E-state index < -0.39 is 0 Å². The van der Waals surface area contributed by atoms with Crippen LogP contribution in [0.25, 0.3) is 0 Å². The highest BCUT2D eigenvalue weighted by atomic mass is 79.9. The predicted molar refractivity (Wildman–Crippen MR) is 61.4 cm³/mol. The van der Waals surface area contributed by atoms with Crippen molar-refractivity contribution >= 4 is 32.4 Å². The minimum atomic E-state index is 0.701. The molecule has 2 aromatic rings. The Kier molecular flexibility index (Phi) is 3.10. The summed E-state index contributed by atoms with van der Waals surface area (Å²) in [5.74, 6) is 0. The molecule has 2 heterocycles. The molecular formula is C9H8BrN3S. The van der Waals surface area contributed by atoms with Gasteiger partial charge in [-0.2, -0.15) is 0 Å². The van der Waals surface area contributed by atoms with Crippen LogP contribution in [0, 0.1) is 0 Å². The molecule has 14 heavy (non-hydrogen) atoms. The summed E-state index contributed by atoms with van der Waals surface area (Å²) in [6.45, 7) is 0.701. The molecule has 1 N–H and O–H groups in total. The first-order valence-electron chi connectivity index (χ1n) is 4.09. The number of nitrogens with zero attached hydrogens (tertiary/aromatic N) is 2. The Hall–Kier alpha value is -0.940. The number of hydrogen-bond donors (Lipinski definition) is 1. The van der Waals surface area contributed by atoms with Gasteiger partial charge < -0.3 is 5.32 Å². The summed E-state index contributed by atoms with van der Waals surface area (Å²) in [5, 5.41) is 6.06. The average molecular weight is 270 g/mol. The molecule has 0 fully saturated rings. The van der Waals surface area contributed by atoms with Crippen LogP contribution in [-0.2, 0) is 6.54 Å². The van der Waals surface area contributed by atoms with E-state index in [-0.39, 0.29) is 0 Å². The zero-order valence-electron chi connectivity index (χ0n) is 7.27. The Morgan fingerprint density at radius 3 is 3.07 bits per heavy atom. The summed E-state index contributed by atoms with van der Waals surface area (Å²) in [7, 11) is 0. The number of halogens is 1. The summed E-state index contributed by atoms with van der Waals surface area (Å²) in [5.41, 5.74) is 0.995. The standard InChI is InChI=1S/C9H8BrN3S/c10-8-3-1-2-7(13-8)6-12-9-11-4-5-14-9/h1-5H,6H2,(H,11,12). The highest BCUT2D eigenvalue weighted by molar-refractivity contribution is 9.10. The van der Waals surface area contributed by atoms with Gasteiger partial charge in [0.15, 0.2) is 5.13 Å². The monoisotopic (exact) mass is 269 g/mol. The van der Waals surface area contributed by atoms with Crippen molar-refractivity contribution in [2.24, 2.45) is 0 Å². The number of nitrogens with one attached hydrogen (secondary N) is 1. The maximum atomic E-state index is 4.30. The number of rotatable bonds is 3. The molecule has 0 atom stereocenters. The number of thiazole rings is 1. The van der Waals surface area contributed by atoms with Gasteiger partial charge in [0, 0.05) is 11.6 Å². The molecule has 0 saturated carbocycles. The molecular weight excluding hydrogens is 262 g/mol. The smallest absolute Gasteiger partial charge is 0.182 e. The maximum Gasteiger partial charge on any atom is 0.182 e. The lowest BCUT2D eigenvalue weighted by Crippen LogP contribution is -2.00. The van der Waals surface area contributed by atoms with Crippen LogP contribution in [0.2, 0.25) is 0 Å². The van der Waals surface area contributed by atoms with Gasteiger partial charge in [-0.25, -0.2) is 9.97 Å². The average Bonchev–Trinajstić information content (AvgIpc) is 2.67. The van der Waals surface area contributed by atoms with Crippen molar-refractivity contribution in [3.05, 3.63) is 40.1 Å². The molecule has 3 nitrogen and oxygen atoms in total. The van der Waals surface area contributed by atoms with Crippen molar-refractivity contribution in [3.63, 3.8) is 0 Å². The van der Waals surface area contributed by atoms with E-state index in [1.165, 1.54) is 0 Å². The van der Waals surface area contributed by atoms with Crippen LogP contribution in [0.15, 0.2) is 34.4 Å². The van der Waals surface area contributed by atoms with E-state index in [9.17, 15) is 0 Å². The maximum absolute atomic E-state index is 4.30. The zero-order valence-corrected chi connectivity index (χ0v) is 9.68. The lowest BCUT2D eigenvalue weighted by atomic mass is 10.3. The van der Waals surface area contributed by atoms with E-state index >= 15 is 0 Å². The molecule has 0 aliphatic rings. The minimum Gasteiger partial charge on any atom is -0.356 e. The largest absolute Gasteiger partial charge is 0.356 e. The molecule has 0 unspecified atom stereocenters. The molecule has 5 heteroatoms. The van der Waals surface area contributed by atoms with E-state index in [1.807, 2.05) is 23.6 Å². The number of anilines is 1. The first-order valence-corrected chi connectivity index (χ1v) is 5.76. The van der Waals surface area contributed by atoms with Crippen molar-refractivity contribution in [3.8, 4) is 0 Å². The Bertz CT molecular complexity index is 402. The van der Waals surface area contributed by atoms with Gasteiger partial charge in [0.2, 0.25) is 0 Å². The fourth-order valence-corrected chi connectivity index (χ4v) is 1.93. The molecule has 0 spiro atoms. The molecule has 72 valence electrons. The van der Waals surface area contributed by atoms with Gasteiger partial charge in [-0.3, -0.25) is 0 Å². The summed E-state index contributed by atoms with van der Waals surface area (Å²) >= 11 is 4.91. The molecule has 2 aromatic heterocycles. The van der Waals surface area contributed by atoms with Gasteiger partial charge >= 0.3 is 0 Å². The Morgan fingerprint density at radius 2 is 2.36 bits per heavy atom. The van der Waals surface area contributed by atoms with Gasteiger partial charge in [0.25, 0.3) is 0 Å². The van der Waals surface area contributed by atoms with E-state index in [4.69, 9.17) is 0 Å². The summed E-state index contributed by atoms with van der Waals surface area (Å²) in [6.07, 6.45) is 1.78. The van der Waals surface area contributed by atoms with Crippen molar-refractivity contribution in [2.75, 3.05) is 5.32 Å². The molecule has 0 saturated heterocycles. The second kappa shape index (κ2) is 4.52. The second-order valence-corrected chi connectivity index (χ2v) is 4.35. The molecule has 0 aliphatic heterocycles. The van der Waals surface area contributed by atoms with Gasteiger partial charge in [-0.15, -0.1) is 11.3 Å². The van der Waals surface area contributed by atoms with Gasteiger partial charge in [-0.05, 0) is 28.1 Å². The SMILES string of the molecule is Brc1cccc(CNc2nccs2)n1. The first-order chi connectivity index (χ1) is 6.84. The highest BCUT2D eigenvalue weighted by Gasteiger charge is 1.97. The van der Waals surface area contributed by atoms with Crippen LogP contribution in [0.3, 0.4) is 0 Å². The normalized spacial score (nSPS) is 10.1. The quantitative estimate of drug-likeness (QED) is 0.871. The summed E-state index contributed by atoms with van der Waals surface area (Å²) < 4.78 is 0.857. The summed E-state index contributed by atoms with van der Waals surface area (Å²) in [4.78, 5) is 8.43. The third kappa shape index (κ3) is 2.52. The van der Waals surface area contributed by atoms with E-state index in [0.29, 0.717) is 6.54 Å². The van der Waals surface area contributed by atoms with Crippen molar-refractivity contribution in [1.29, 1.82) is 0 Å². The number of hydrogen-bond acceptors (Lipinski definition) is 4. The third-order valence-electron chi connectivity index (χ3n) is 1.63. The molecule has 0 aliphatic carbocycles. The van der Waals surface area contributed by atoms with Crippen LogP contribution in [0.1, 0.15) is 5.69 Å². The Morgan fingerprint density at radius 1 is 1.43 bits per heavy atom. The van der Waals surface area contributed by atoms with Crippen molar-refractivity contribution < 1.29 is 0 Å². The number of aromatic nitrogens is 2. The van der Waals surface area contributed by atoms with E-state index in [0.717, 1.165) is 15.4 Å². The van der Waals surface area contributed by atoms with Crippen LogP contribution < -0.4 is 5.32 Å². The second-order valence-electron chi connectivity index (χ2n) is 2.64. The van der Waals surface area contributed by atoms with E-state index in [1.54, 1.807) is 17.5 Å². The number of pyridine rings is 1. The van der Waals surface area contributed by atoms with Crippen molar-refractivity contribution in [2.45, 2.75) is 6.54 Å². The van der Waals surface area contributed by atoms with Crippen LogP contribution in [0.5, 0.6) is 0 Å². The fraction of sp³-hybridized carbons (Fsp3) is 0.111. The Labute approximate surface area is 94.4 Å². The first kappa shape index (κ1) is 9.61. The van der Waals surface area contributed by atoms with Gasteiger partial charge in [0.05, 0.1) is 12.2 Å². The lowest BCUT2D eigenvalue weighted by molar-refractivity contribution is 1.03. The minimum absolute atomic E-state index is 0.701. The zero-order chi connectivity index (χ0) is 9.80. The Balaban J connectivity index is 1.98. The van der Waals surface area contributed by atoms with Crippen molar-refractivity contribution in [1.82, 2.24) is 9.97 Å². The van der Waals surface area contributed by atoms with Gasteiger partial charge in [-0.1, -0.05) is 6.07 Å². The molecule has 0 bridgehead atoms. The van der Waals surface area contributed by atoms with E-state index in [2.05, 4.69) is 31.2 Å². The third-order valence-corrected chi connectivity index (χ3v) is 2.80. The molecule has 2 rings (SSSR count).